The molecule has 192 valence electrons. The number of hydrogen-bond acceptors (Lipinski definition) is 4. The molecule has 2 N–H and O–H groups in total. The maximum Gasteiger partial charge on any atom is 0.408 e. The van der Waals surface area contributed by atoms with Gasteiger partial charge in [-0.3, -0.25) is 4.79 Å². The normalized spacial score (nSPS) is 23.8. The van der Waals surface area contributed by atoms with Gasteiger partial charge in [0.2, 0.25) is 0 Å². The third-order valence-electron chi connectivity index (χ3n) is 6.83. The maximum absolute atomic E-state index is 13.8. The van der Waals surface area contributed by atoms with E-state index in [1.165, 1.54) is 11.1 Å². The number of nitrogens with one attached hydrogen (secondary N) is 1. The Kier molecular flexibility index (Phi) is 8.54. The second-order valence-electron chi connectivity index (χ2n) is 12.0. The Hall–Kier alpha value is -2.11. The summed E-state index contributed by atoms with van der Waals surface area (Å²) in [5.74, 6) is -0.397. The zero-order valence-corrected chi connectivity index (χ0v) is 22.6. The number of hydrogen-bond donors (Lipinski definition) is 2. The highest BCUT2D eigenvalue weighted by Crippen LogP contribution is 2.43. The van der Waals surface area contributed by atoms with Crippen LogP contribution in [0.3, 0.4) is 0 Å². The molecule has 1 unspecified atom stereocenters. The Morgan fingerprint density at radius 3 is 2.34 bits per heavy atom. The van der Waals surface area contributed by atoms with Crippen LogP contribution in [-0.4, -0.2) is 34.7 Å². The number of allylic oxidation sites excluding steroid dienone is 4. The topological polar surface area (TPSA) is 75.6 Å². The van der Waals surface area contributed by atoms with E-state index in [0.717, 1.165) is 29.8 Å². The lowest BCUT2D eigenvalue weighted by Gasteiger charge is -2.34. The zero-order chi connectivity index (χ0) is 26.0. The first kappa shape index (κ1) is 27.5. The van der Waals surface area contributed by atoms with Crippen LogP contribution in [0.15, 0.2) is 47.6 Å². The van der Waals surface area contributed by atoms with Crippen molar-refractivity contribution >= 4 is 23.5 Å². The van der Waals surface area contributed by atoms with Gasteiger partial charge in [0.15, 0.2) is 5.78 Å². The number of aliphatic hydroxyl groups is 1. The second kappa shape index (κ2) is 10.9. The molecule has 0 heterocycles. The molecule has 35 heavy (non-hydrogen) atoms. The standard InChI is InChI=1S/C29H40ClNO4/c1-28(2,3)26(31-27(34)35-29(4,5)6)25(33)23-17-21(32)16-22(23)19-13-11-18(12-14-19)15-20-9-7-8-10-24(20)30/h7-11,13,21-23,26,32H,12,14-17H2,1-6H3,(H,31,34)/t21-,22+,23?,26-/m1/s1. The molecule has 1 aromatic carbocycles. The van der Waals surface area contributed by atoms with Crippen molar-refractivity contribution in [1.82, 2.24) is 5.32 Å². The van der Waals surface area contributed by atoms with Crippen LogP contribution in [0.25, 0.3) is 0 Å². The molecule has 2 aliphatic rings. The lowest BCUT2D eigenvalue weighted by Crippen LogP contribution is -2.52. The molecule has 2 aliphatic carbocycles. The summed E-state index contributed by atoms with van der Waals surface area (Å²) in [5.41, 5.74) is 2.48. The fraction of sp³-hybridized carbons (Fsp3) is 0.586. The van der Waals surface area contributed by atoms with Crippen molar-refractivity contribution in [2.75, 3.05) is 0 Å². The number of carbonyl (C=O) groups is 2. The van der Waals surface area contributed by atoms with Gasteiger partial charge in [-0.15, -0.1) is 0 Å². The van der Waals surface area contributed by atoms with Crippen molar-refractivity contribution in [3.8, 4) is 0 Å². The average molecular weight is 502 g/mol. The van der Waals surface area contributed by atoms with Crippen LogP contribution in [-0.2, 0) is 16.0 Å². The van der Waals surface area contributed by atoms with Gasteiger partial charge in [0, 0.05) is 10.9 Å². The highest BCUT2D eigenvalue weighted by atomic mass is 35.5. The molecular formula is C29H40ClNO4. The quantitative estimate of drug-likeness (QED) is 0.471. The summed E-state index contributed by atoms with van der Waals surface area (Å²) in [6.45, 7) is 11.2. The lowest BCUT2D eigenvalue weighted by molar-refractivity contribution is -0.128. The van der Waals surface area contributed by atoms with E-state index in [9.17, 15) is 14.7 Å². The Labute approximate surface area is 215 Å². The Balaban J connectivity index is 1.77. The lowest BCUT2D eigenvalue weighted by atomic mass is 9.74. The second-order valence-corrected chi connectivity index (χ2v) is 12.4. The molecular weight excluding hydrogens is 462 g/mol. The van der Waals surface area contributed by atoms with Crippen molar-refractivity contribution < 1.29 is 19.4 Å². The average Bonchev–Trinajstić information content (AvgIpc) is 3.13. The molecule has 1 aromatic rings. The molecule has 0 bridgehead atoms. The van der Waals surface area contributed by atoms with E-state index < -0.39 is 29.3 Å². The highest BCUT2D eigenvalue weighted by Gasteiger charge is 2.45. The number of amides is 1. The van der Waals surface area contributed by atoms with Crippen LogP contribution in [0.4, 0.5) is 4.79 Å². The summed E-state index contributed by atoms with van der Waals surface area (Å²) in [7, 11) is 0. The van der Waals surface area contributed by atoms with Gasteiger partial charge in [-0.1, -0.05) is 73.9 Å². The van der Waals surface area contributed by atoms with Gasteiger partial charge in [0.25, 0.3) is 0 Å². The fourth-order valence-corrected chi connectivity index (χ4v) is 5.33. The van der Waals surface area contributed by atoms with Crippen molar-refractivity contribution in [1.29, 1.82) is 0 Å². The first-order valence-corrected chi connectivity index (χ1v) is 13.0. The maximum atomic E-state index is 13.8. The van der Waals surface area contributed by atoms with Crippen LogP contribution in [0.2, 0.25) is 5.02 Å². The number of benzene rings is 1. The first-order valence-electron chi connectivity index (χ1n) is 12.6. The number of carbonyl (C=O) groups excluding carboxylic acids is 2. The van der Waals surface area contributed by atoms with Crippen LogP contribution in [0.1, 0.15) is 72.8 Å². The van der Waals surface area contributed by atoms with Gasteiger partial charge in [-0.05, 0) is 75.8 Å². The molecule has 0 spiro atoms. The summed E-state index contributed by atoms with van der Waals surface area (Å²) in [6.07, 6.45) is 6.72. The Morgan fingerprint density at radius 2 is 1.77 bits per heavy atom. The smallest absolute Gasteiger partial charge is 0.408 e. The van der Waals surface area contributed by atoms with E-state index in [1.807, 2.05) is 39.0 Å². The molecule has 0 aromatic heterocycles. The molecule has 4 atom stereocenters. The van der Waals surface area contributed by atoms with Gasteiger partial charge in [-0.25, -0.2) is 4.79 Å². The van der Waals surface area contributed by atoms with E-state index in [4.69, 9.17) is 16.3 Å². The molecule has 5 nitrogen and oxygen atoms in total. The van der Waals surface area contributed by atoms with E-state index in [-0.39, 0.29) is 17.6 Å². The summed E-state index contributed by atoms with van der Waals surface area (Å²) < 4.78 is 5.43. The minimum Gasteiger partial charge on any atom is -0.444 e. The Bertz CT molecular complexity index is 999. The van der Waals surface area contributed by atoms with Gasteiger partial charge < -0.3 is 15.2 Å². The van der Waals surface area contributed by atoms with E-state index >= 15 is 0 Å². The van der Waals surface area contributed by atoms with Crippen molar-refractivity contribution in [2.24, 2.45) is 17.3 Å². The monoisotopic (exact) mass is 501 g/mol. The molecule has 1 amide bonds. The Morgan fingerprint density at radius 1 is 1.09 bits per heavy atom. The highest BCUT2D eigenvalue weighted by molar-refractivity contribution is 6.31. The number of alkyl carbamates (subject to hydrolysis) is 1. The van der Waals surface area contributed by atoms with Crippen LogP contribution >= 0.6 is 11.6 Å². The summed E-state index contributed by atoms with van der Waals surface area (Å²) in [5, 5.41) is 14.1. The summed E-state index contributed by atoms with van der Waals surface area (Å²) >= 11 is 6.34. The van der Waals surface area contributed by atoms with Crippen molar-refractivity contribution in [3.63, 3.8) is 0 Å². The van der Waals surface area contributed by atoms with E-state index in [1.54, 1.807) is 20.8 Å². The minimum atomic E-state index is -0.703. The van der Waals surface area contributed by atoms with Crippen LogP contribution < -0.4 is 5.32 Å². The molecule has 3 rings (SSSR count). The van der Waals surface area contributed by atoms with Gasteiger partial charge in [-0.2, -0.15) is 0 Å². The number of aliphatic hydroxyl groups excluding tert-OH is 1. The molecule has 0 radical (unpaired) electrons. The summed E-state index contributed by atoms with van der Waals surface area (Å²) in [6, 6.07) is 7.19. The fourth-order valence-electron chi connectivity index (χ4n) is 5.13. The van der Waals surface area contributed by atoms with Crippen molar-refractivity contribution in [2.45, 2.75) is 91.4 Å². The van der Waals surface area contributed by atoms with Gasteiger partial charge in [0.05, 0.1) is 12.1 Å². The van der Waals surface area contributed by atoms with Gasteiger partial charge in [0.1, 0.15) is 5.60 Å². The number of ketones is 1. The zero-order valence-electron chi connectivity index (χ0n) is 21.9. The van der Waals surface area contributed by atoms with Crippen LogP contribution in [0.5, 0.6) is 0 Å². The largest absolute Gasteiger partial charge is 0.444 e. The molecule has 1 fully saturated rings. The van der Waals surface area contributed by atoms with E-state index in [2.05, 4.69) is 23.5 Å². The molecule has 0 aliphatic heterocycles. The predicted molar refractivity (Wildman–Crippen MR) is 140 cm³/mol. The third-order valence-corrected chi connectivity index (χ3v) is 7.20. The number of ether oxygens (including phenoxy) is 1. The first-order chi connectivity index (χ1) is 16.2. The summed E-state index contributed by atoms with van der Waals surface area (Å²) in [4.78, 5) is 26.3. The third kappa shape index (κ3) is 7.44. The number of halogens is 1. The van der Waals surface area contributed by atoms with Crippen LogP contribution in [0, 0.1) is 17.3 Å². The molecule has 0 saturated heterocycles. The van der Waals surface area contributed by atoms with Gasteiger partial charge >= 0.3 is 6.09 Å². The molecule has 1 saturated carbocycles. The SMILES string of the molecule is CC(C)(C)OC(=O)N[C@H](C(=O)C1C[C@H](O)C[C@H]1C1=CC=C(Cc2ccccc2Cl)CC1)C(C)(C)C. The molecule has 6 heteroatoms. The van der Waals surface area contributed by atoms with E-state index in [0.29, 0.717) is 12.8 Å². The predicted octanol–water partition coefficient (Wildman–Crippen LogP) is 6.42. The number of rotatable bonds is 6. The minimum absolute atomic E-state index is 0.0269. The number of Topliss-reactive ketones (excluding diaryl/α,β-unsaturated/α-hetero) is 1. The van der Waals surface area contributed by atoms with Crippen molar-refractivity contribution in [3.05, 3.63) is 58.1 Å².